The molecule has 10 nitrogen and oxygen atoms in total. The number of rotatable bonds is 6. The van der Waals surface area contributed by atoms with Crippen LogP contribution in [0.2, 0.25) is 0 Å². The second kappa shape index (κ2) is 9.43. The fourth-order valence-corrected chi connectivity index (χ4v) is 2.18. The lowest BCUT2D eigenvalue weighted by atomic mass is 10.3. The average Bonchev–Trinajstić information content (AvgIpc) is 2.53. The van der Waals surface area contributed by atoms with Gasteiger partial charge in [-0.25, -0.2) is 0 Å². The topological polar surface area (TPSA) is 153 Å². The van der Waals surface area contributed by atoms with Crippen molar-refractivity contribution in [3.63, 3.8) is 0 Å². The summed E-state index contributed by atoms with van der Waals surface area (Å²) >= 11 is 0. The Labute approximate surface area is 151 Å². The molecule has 0 aromatic carbocycles. The second-order valence-electron chi connectivity index (χ2n) is 4.90. The summed E-state index contributed by atoms with van der Waals surface area (Å²) in [5.41, 5.74) is 0.907. The molecule has 0 saturated heterocycles. The number of aliphatic hydroxyl groups excluding tert-OH is 1. The highest BCUT2D eigenvalue weighted by Gasteiger charge is 2.06. The van der Waals surface area contributed by atoms with E-state index in [-0.39, 0.29) is 24.7 Å². The van der Waals surface area contributed by atoms with E-state index in [2.05, 4.69) is 18.3 Å². The molecule has 0 unspecified atom stereocenters. The van der Waals surface area contributed by atoms with Crippen molar-refractivity contribution < 1.29 is 35.4 Å². The van der Waals surface area contributed by atoms with E-state index >= 15 is 0 Å². The van der Waals surface area contributed by atoms with Crippen LogP contribution in [0.15, 0.2) is 36.7 Å². The van der Waals surface area contributed by atoms with Gasteiger partial charge in [0.15, 0.2) is 5.75 Å². The van der Waals surface area contributed by atoms with Gasteiger partial charge in [-0.3, -0.25) is 14.2 Å². The van der Waals surface area contributed by atoms with Crippen LogP contribution < -0.4 is 4.18 Å². The van der Waals surface area contributed by atoms with Crippen molar-refractivity contribution in [2.75, 3.05) is 12.5 Å². The first-order chi connectivity index (χ1) is 12.0. The van der Waals surface area contributed by atoms with Crippen molar-refractivity contribution >= 4 is 20.2 Å². The van der Waals surface area contributed by atoms with Crippen molar-refractivity contribution in [2.45, 2.75) is 13.2 Å². The second-order valence-corrected chi connectivity index (χ2v) is 8.12. The number of hydrogen-bond acceptors (Lipinski definition) is 10. The fraction of sp³-hybridized carbons (Fsp3) is 0.286. The maximum Gasteiger partial charge on any atom is 0.306 e. The van der Waals surface area contributed by atoms with Crippen LogP contribution in [0.5, 0.6) is 11.5 Å². The van der Waals surface area contributed by atoms with Crippen LogP contribution in [0.3, 0.4) is 0 Å². The molecule has 2 aromatic rings. The van der Waals surface area contributed by atoms with Gasteiger partial charge >= 0.3 is 10.1 Å². The summed E-state index contributed by atoms with van der Waals surface area (Å²) in [6, 6.07) is 5.81. The Bertz CT molecular complexity index is 895. The Morgan fingerprint density at radius 2 is 1.54 bits per heavy atom. The normalized spacial score (nSPS) is 11.3. The minimum atomic E-state index is -3.59. The number of aromatic nitrogens is 2. The summed E-state index contributed by atoms with van der Waals surface area (Å²) < 4.78 is 52.0. The predicted molar refractivity (Wildman–Crippen MR) is 91.2 cm³/mol. The Hall–Kier alpha value is -2.28. The first-order valence-electron chi connectivity index (χ1n) is 6.92. The van der Waals surface area contributed by atoms with Gasteiger partial charge in [-0.05, 0) is 24.3 Å². The highest BCUT2D eigenvalue weighted by atomic mass is 32.2. The summed E-state index contributed by atoms with van der Waals surface area (Å²) in [7, 11) is -7.12. The minimum Gasteiger partial charge on any atom is -0.506 e. The van der Waals surface area contributed by atoms with Gasteiger partial charge < -0.3 is 14.4 Å². The monoisotopic (exact) mass is 406 g/mol. The highest BCUT2D eigenvalue weighted by Crippen LogP contribution is 2.12. The number of nitrogens with zero attached hydrogens (tertiary/aromatic N) is 2. The zero-order chi connectivity index (χ0) is 19.8. The highest BCUT2D eigenvalue weighted by molar-refractivity contribution is 7.86. The number of pyridine rings is 2. The molecule has 0 bridgehead atoms. The van der Waals surface area contributed by atoms with Gasteiger partial charge in [0.25, 0.3) is 10.1 Å². The summed E-state index contributed by atoms with van der Waals surface area (Å²) in [4.78, 5) is 7.48. The third-order valence-corrected chi connectivity index (χ3v) is 3.48. The van der Waals surface area contributed by atoms with Crippen molar-refractivity contribution in [2.24, 2.45) is 0 Å². The molecule has 0 aliphatic heterocycles. The molecule has 0 amide bonds. The molecule has 0 atom stereocenters. The van der Waals surface area contributed by atoms with Crippen LogP contribution in [-0.4, -0.2) is 49.5 Å². The molecule has 2 heterocycles. The molecule has 0 aliphatic carbocycles. The van der Waals surface area contributed by atoms with Crippen LogP contribution in [-0.2, 0) is 37.6 Å². The van der Waals surface area contributed by atoms with Gasteiger partial charge in [0.2, 0.25) is 0 Å². The molecular weight excluding hydrogens is 388 g/mol. The molecule has 2 rings (SSSR count). The minimum absolute atomic E-state index is 0.0515. The van der Waals surface area contributed by atoms with Gasteiger partial charge in [0.05, 0.1) is 42.9 Å². The van der Waals surface area contributed by atoms with E-state index in [1.165, 1.54) is 30.6 Å². The van der Waals surface area contributed by atoms with Crippen LogP contribution in [0.1, 0.15) is 11.4 Å². The van der Waals surface area contributed by atoms with Crippen LogP contribution in [0, 0.1) is 0 Å². The molecule has 0 spiro atoms. The molecule has 0 aliphatic rings. The third kappa shape index (κ3) is 9.88. The number of aliphatic hydroxyl groups is 1. The van der Waals surface area contributed by atoms with Crippen LogP contribution in [0.4, 0.5) is 0 Å². The van der Waals surface area contributed by atoms with E-state index in [1.54, 1.807) is 6.07 Å². The van der Waals surface area contributed by atoms with Gasteiger partial charge in [0.1, 0.15) is 12.4 Å². The van der Waals surface area contributed by atoms with E-state index in [1.807, 2.05) is 0 Å². The first kappa shape index (κ1) is 21.8. The first-order valence-corrected chi connectivity index (χ1v) is 10.6. The predicted octanol–water partition coefficient (Wildman–Crippen LogP) is 0.176. The van der Waals surface area contributed by atoms with Crippen LogP contribution >= 0.6 is 0 Å². The van der Waals surface area contributed by atoms with Crippen molar-refractivity contribution in [1.29, 1.82) is 0 Å². The Morgan fingerprint density at radius 1 is 0.923 bits per heavy atom. The number of aromatic hydroxyl groups is 1. The van der Waals surface area contributed by atoms with Gasteiger partial charge in [-0.2, -0.15) is 16.8 Å². The third-order valence-electron chi connectivity index (χ3n) is 2.44. The molecule has 144 valence electrons. The van der Waals surface area contributed by atoms with Crippen molar-refractivity contribution in [3.8, 4) is 11.5 Å². The van der Waals surface area contributed by atoms with E-state index < -0.39 is 20.2 Å². The summed E-state index contributed by atoms with van der Waals surface area (Å²) in [5, 5.41) is 17.2. The summed E-state index contributed by atoms with van der Waals surface area (Å²) in [6.07, 6.45) is 4.30. The van der Waals surface area contributed by atoms with Gasteiger partial charge in [0, 0.05) is 0 Å². The number of hydrogen-bond donors (Lipinski definition) is 2. The average molecular weight is 406 g/mol. The summed E-state index contributed by atoms with van der Waals surface area (Å²) in [5.74, 6) is 0.169. The molecule has 0 saturated carbocycles. The lowest BCUT2D eigenvalue weighted by molar-refractivity contribution is 0.276. The summed E-state index contributed by atoms with van der Waals surface area (Å²) in [6.45, 7) is -0.293. The standard InChI is InChI=1S/C8H11NO6S2.C6H7NO2/c1-16(10,11)14-6-7-3-4-8(5-9-7)15-17(2,12)13;8-4-5-1-2-6(9)3-7-5/h3-5H,6H2,1-2H3;1-3,8-9H,4H2. The quantitative estimate of drug-likeness (QED) is 0.635. The zero-order valence-corrected chi connectivity index (χ0v) is 15.6. The lowest BCUT2D eigenvalue weighted by Crippen LogP contribution is -2.07. The molecule has 0 radical (unpaired) electrons. The largest absolute Gasteiger partial charge is 0.506 e. The molecule has 2 aromatic heterocycles. The maximum absolute atomic E-state index is 10.8. The zero-order valence-electron chi connectivity index (χ0n) is 13.9. The van der Waals surface area contributed by atoms with E-state index in [0.717, 1.165) is 12.5 Å². The smallest absolute Gasteiger partial charge is 0.306 e. The van der Waals surface area contributed by atoms with Crippen LogP contribution in [0.25, 0.3) is 0 Å². The Morgan fingerprint density at radius 3 is 1.96 bits per heavy atom. The van der Waals surface area contributed by atoms with Gasteiger partial charge in [-0.1, -0.05) is 0 Å². The molecule has 26 heavy (non-hydrogen) atoms. The van der Waals surface area contributed by atoms with E-state index in [4.69, 9.17) is 10.2 Å². The van der Waals surface area contributed by atoms with E-state index in [9.17, 15) is 16.8 Å². The SMILES string of the molecule is CS(=O)(=O)OCc1ccc(OS(C)(=O)=O)cn1.OCc1ccc(O)cn1. The molecular formula is C14H18N2O8S2. The maximum atomic E-state index is 10.8. The van der Waals surface area contributed by atoms with Crippen molar-refractivity contribution in [3.05, 3.63) is 48.0 Å². The van der Waals surface area contributed by atoms with Crippen molar-refractivity contribution in [1.82, 2.24) is 9.97 Å². The van der Waals surface area contributed by atoms with E-state index in [0.29, 0.717) is 11.4 Å². The molecule has 2 N–H and O–H groups in total. The Balaban J connectivity index is 0.000000314. The lowest BCUT2D eigenvalue weighted by Gasteiger charge is -2.03. The Kier molecular flexibility index (Phi) is 7.89. The molecule has 0 fully saturated rings. The fourth-order valence-electron chi connectivity index (χ4n) is 1.40. The van der Waals surface area contributed by atoms with Gasteiger partial charge in [-0.15, -0.1) is 0 Å². The molecule has 12 heteroatoms.